The number of nitrogens with one attached hydrogen (secondary N) is 1. The summed E-state index contributed by atoms with van der Waals surface area (Å²) in [4.78, 5) is 23.0. The number of sulfonamides is 1. The van der Waals surface area contributed by atoms with Gasteiger partial charge < -0.3 is 5.32 Å². The number of halogens is 1. The Labute approximate surface area is 160 Å². The number of hydrogen-bond acceptors (Lipinski definition) is 5. The van der Waals surface area contributed by atoms with Gasteiger partial charge in [-0.3, -0.25) is 19.2 Å². The molecule has 0 radical (unpaired) electrons. The maximum Gasteiger partial charge on any atom is 0.292 e. The lowest BCUT2D eigenvalue weighted by Gasteiger charge is -2.29. The normalized spacial score (nSPS) is 16.0. The van der Waals surface area contributed by atoms with Gasteiger partial charge in [-0.2, -0.15) is 0 Å². The fourth-order valence-electron chi connectivity index (χ4n) is 2.84. The van der Waals surface area contributed by atoms with Gasteiger partial charge in [-0.15, -0.1) is 0 Å². The number of para-hydroxylation sites is 2. The summed E-state index contributed by atoms with van der Waals surface area (Å²) in [5, 5.41) is 13.8. The average molecular weight is 410 g/mol. The Kier molecular flexibility index (Phi) is 5.33. The second kappa shape index (κ2) is 7.53. The molecule has 1 aliphatic rings. The number of carbonyl (C=O) groups is 1. The van der Waals surface area contributed by atoms with Crippen molar-refractivity contribution in [3.05, 3.63) is 63.2 Å². The number of benzene rings is 2. The molecular weight excluding hydrogens is 394 g/mol. The van der Waals surface area contributed by atoms with Crippen molar-refractivity contribution in [3.63, 3.8) is 0 Å². The molecule has 0 unspecified atom stereocenters. The van der Waals surface area contributed by atoms with Crippen LogP contribution in [0, 0.1) is 10.1 Å². The lowest BCUT2D eigenvalue weighted by molar-refractivity contribution is -0.383. The predicted octanol–water partition coefficient (Wildman–Crippen LogP) is 3.43. The summed E-state index contributed by atoms with van der Waals surface area (Å²) in [7, 11) is -3.49. The SMILES string of the molecule is O=C(Nc1ccccc1[N+](=O)[O-])c1ccc(Cl)c(N2CCCCS2(=O)=O)c1. The summed E-state index contributed by atoms with van der Waals surface area (Å²) >= 11 is 6.16. The lowest BCUT2D eigenvalue weighted by Crippen LogP contribution is -2.38. The van der Waals surface area contributed by atoms with Gasteiger partial charge in [-0.05, 0) is 37.1 Å². The number of nitrogens with zero attached hydrogens (tertiary/aromatic N) is 2. The maximum atomic E-state index is 12.6. The van der Waals surface area contributed by atoms with Crippen LogP contribution in [0.1, 0.15) is 23.2 Å². The van der Waals surface area contributed by atoms with Crippen LogP contribution in [-0.2, 0) is 10.0 Å². The van der Waals surface area contributed by atoms with E-state index in [1.807, 2.05) is 0 Å². The van der Waals surface area contributed by atoms with E-state index in [9.17, 15) is 23.3 Å². The fraction of sp³-hybridized carbons (Fsp3) is 0.235. The van der Waals surface area contributed by atoms with Crippen LogP contribution in [0.5, 0.6) is 0 Å². The topological polar surface area (TPSA) is 110 Å². The number of hydrogen-bond donors (Lipinski definition) is 1. The van der Waals surface area contributed by atoms with Crippen LogP contribution >= 0.6 is 11.6 Å². The van der Waals surface area contributed by atoms with Crippen molar-refractivity contribution in [2.75, 3.05) is 21.9 Å². The Morgan fingerprint density at radius 2 is 1.93 bits per heavy atom. The predicted molar refractivity (Wildman–Crippen MR) is 103 cm³/mol. The van der Waals surface area contributed by atoms with E-state index in [1.165, 1.54) is 40.7 Å². The molecule has 0 aliphatic carbocycles. The van der Waals surface area contributed by atoms with Gasteiger partial charge >= 0.3 is 0 Å². The Hall–Kier alpha value is -2.65. The Bertz CT molecular complexity index is 1010. The second-order valence-corrected chi connectivity index (χ2v) is 8.41. The van der Waals surface area contributed by atoms with E-state index in [-0.39, 0.29) is 39.9 Å². The molecule has 3 rings (SSSR count). The summed E-state index contributed by atoms with van der Waals surface area (Å²) in [5.74, 6) is -0.577. The van der Waals surface area contributed by atoms with Crippen molar-refractivity contribution in [2.45, 2.75) is 12.8 Å². The molecule has 0 atom stereocenters. The molecular formula is C17H16ClN3O5S. The van der Waals surface area contributed by atoms with Crippen molar-refractivity contribution in [2.24, 2.45) is 0 Å². The van der Waals surface area contributed by atoms with Gasteiger partial charge in [0.05, 0.1) is 21.4 Å². The van der Waals surface area contributed by atoms with Crippen LogP contribution in [0.2, 0.25) is 5.02 Å². The zero-order valence-corrected chi connectivity index (χ0v) is 15.7. The minimum absolute atomic E-state index is 0.0238. The van der Waals surface area contributed by atoms with Gasteiger partial charge in [0.1, 0.15) is 5.69 Å². The van der Waals surface area contributed by atoms with Crippen molar-refractivity contribution in [1.29, 1.82) is 0 Å². The third-order valence-corrected chi connectivity index (χ3v) is 6.35. The van der Waals surface area contributed by atoms with Crippen molar-refractivity contribution >= 4 is 44.6 Å². The first-order chi connectivity index (χ1) is 12.8. The van der Waals surface area contributed by atoms with E-state index in [0.29, 0.717) is 12.8 Å². The highest BCUT2D eigenvalue weighted by Crippen LogP contribution is 2.32. The van der Waals surface area contributed by atoms with Crippen LogP contribution in [0.15, 0.2) is 42.5 Å². The molecule has 1 amide bonds. The zero-order valence-electron chi connectivity index (χ0n) is 14.1. The number of carbonyl (C=O) groups excluding carboxylic acids is 1. The first kappa shape index (κ1) is 19.1. The molecule has 1 aliphatic heterocycles. The number of anilines is 2. The first-order valence-electron chi connectivity index (χ1n) is 8.14. The molecule has 2 aromatic carbocycles. The van der Waals surface area contributed by atoms with Crippen molar-refractivity contribution < 1.29 is 18.1 Å². The van der Waals surface area contributed by atoms with Gasteiger partial charge in [0.2, 0.25) is 10.0 Å². The van der Waals surface area contributed by atoms with Gasteiger partial charge in [-0.1, -0.05) is 23.7 Å². The van der Waals surface area contributed by atoms with Crippen molar-refractivity contribution in [1.82, 2.24) is 0 Å². The summed E-state index contributed by atoms with van der Waals surface area (Å²) < 4.78 is 25.8. The van der Waals surface area contributed by atoms with E-state index < -0.39 is 20.9 Å². The minimum atomic E-state index is -3.49. The highest BCUT2D eigenvalue weighted by molar-refractivity contribution is 7.92. The molecule has 0 aromatic heterocycles. The van der Waals surface area contributed by atoms with Crippen LogP contribution in [0.3, 0.4) is 0 Å². The number of nitro benzene ring substituents is 1. The molecule has 8 nitrogen and oxygen atoms in total. The highest BCUT2D eigenvalue weighted by atomic mass is 35.5. The van der Waals surface area contributed by atoms with Crippen molar-refractivity contribution in [3.8, 4) is 0 Å². The number of amides is 1. The number of rotatable bonds is 4. The van der Waals surface area contributed by atoms with Gasteiger partial charge in [-0.25, -0.2) is 8.42 Å². The first-order valence-corrected chi connectivity index (χ1v) is 10.1. The second-order valence-electron chi connectivity index (χ2n) is 5.99. The van der Waals surface area contributed by atoms with Crippen LogP contribution < -0.4 is 9.62 Å². The van der Waals surface area contributed by atoms with Gasteiger partial charge in [0.15, 0.2) is 0 Å². The lowest BCUT2D eigenvalue weighted by atomic mass is 10.1. The molecule has 0 saturated carbocycles. The molecule has 0 spiro atoms. The van der Waals surface area contributed by atoms with E-state index in [1.54, 1.807) is 6.07 Å². The molecule has 1 heterocycles. The molecule has 1 fully saturated rings. The smallest absolute Gasteiger partial charge is 0.292 e. The monoisotopic (exact) mass is 409 g/mol. The number of nitro groups is 1. The summed E-state index contributed by atoms with van der Waals surface area (Å²) in [5.41, 5.74) is 0.188. The fourth-order valence-corrected chi connectivity index (χ4v) is 4.75. The van der Waals surface area contributed by atoms with Crippen LogP contribution in [-0.4, -0.2) is 31.5 Å². The summed E-state index contributed by atoms with van der Waals surface area (Å²) in [6.07, 6.45) is 1.27. The highest BCUT2D eigenvalue weighted by Gasteiger charge is 2.28. The van der Waals surface area contributed by atoms with E-state index in [2.05, 4.69) is 5.32 Å². The van der Waals surface area contributed by atoms with Gasteiger partial charge in [0.25, 0.3) is 11.6 Å². The average Bonchev–Trinajstić information content (AvgIpc) is 2.62. The molecule has 27 heavy (non-hydrogen) atoms. The molecule has 0 bridgehead atoms. The van der Waals surface area contributed by atoms with E-state index >= 15 is 0 Å². The quantitative estimate of drug-likeness (QED) is 0.614. The Morgan fingerprint density at radius 1 is 1.19 bits per heavy atom. The van der Waals surface area contributed by atoms with Crippen LogP contribution in [0.25, 0.3) is 0 Å². The van der Waals surface area contributed by atoms with Gasteiger partial charge in [0, 0.05) is 18.2 Å². The largest absolute Gasteiger partial charge is 0.316 e. The standard InChI is InChI=1S/C17H16ClN3O5S/c18-13-8-7-12(11-16(13)20-9-3-4-10-27(20,25)26)17(22)19-14-5-1-2-6-15(14)21(23)24/h1-2,5-8,11H,3-4,9-10H2,(H,19,22). The third-order valence-electron chi connectivity index (χ3n) is 4.18. The maximum absolute atomic E-state index is 12.6. The Morgan fingerprint density at radius 3 is 2.63 bits per heavy atom. The zero-order chi connectivity index (χ0) is 19.6. The van der Waals surface area contributed by atoms with Crippen LogP contribution in [0.4, 0.5) is 17.1 Å². The third kappa shape index (κ3) is 4.04. The minimum Gasteiger partial charge on any atom is -0.316 e. The Balaban J connectivity index is 1.92. The molecule has 10 heteroatoms. The summed E-state index contributed by atoms with van der Waals surface area (Å²) in [6, 6.07) is 10.0. The molecule has 1 saturated heterocycles. The van der Waals surface area contributed by atoms with E-state index in [0.717, 1.165) is 0 Å². The molecule has 1 N–H and O–H groups in total. The summed E-state index contributed by atoms with van der Waals surface area (Å²) in [6.45, 7) is 0.289. The molecule has 142 valence electrons. The van der Waals surface area contributed by atoms with E-state index in [4.69, 9.17) is 11.6 Å². The molecule has 2 aromatic rings.